The predicted molar refractivity (Wildman–Crippen MR) is 111 cm³/mol. The van der Waals surface area contributed by atoms with Crippen molar-refractivity contribution in [1.82, 2.24) is 10.2 Å². The summed E-state index contributed by atoms with van der Waals surface area (Å²) >= 11 is 1.25. The number of carbonyl (C=O) groups is 1. The zero-order valence-corrected chi connectivity index (χ0v) is 17.2. The van der Waals surface area contributed by atoms with Crippen LogP contribution in [0.15, 0.2) is 52.1 Å². The van der Waals surface area contributed by atoms with Gasteiger partial charge in [-0.05, 0) is 37.1 Å². The van der Waals surface area contributed by atoms with E-state index in [1.165, 1.54) is 17.3 Å². The number of benzene rings is 2. The minimum Gasteiger partial charge on any atom is -0.497 e. The molecule has 0 radical (unpaired) electrons. The summed E-state index contributed by atoms with van der Waals surface area (Å²) in [7, 11) is 3.16. The maximum atomic E-state index is 12.9. The monoisotopic (exact) mass is 411 g/mol. The van der Waals surface area contributed by atoms with Gasteiger partial charge >= 0.3 is 0 Å². The molecule has 0 unspecified atom stereocenters. The van der Waals surface area contributed by atoms with Crippen LogP contribution in [0.3, 0.4) is 0 Å². The fourth-order valence-electron chi connectivity index (χ4n) is 3.29. The lowest BCUT2D eigenvalue weighted by atomic mass is 10.2. The van der Waals surface area contributed by atoms with Crippen LogP contribution in [0.2, 0.25) is 0 Å². The van der Waals surface area contributed by atoms with Gasteiger partial charge in [0.15, 0.2) is 0 Å². The standard InChI is InChI=1S/C21H21N3O4S/c1-13(20(25)24-9-8-14-6-4-5-7-18(14)24)29-21-23-22-19(28-21)15-10-16(26-2)12-17(11-15)27-3/h4-7,10-13H,8-9H2,1-3H3/t13-/m0/s1. The van der Waals surface area contributed by atoms with Crippen molar-refractivity contribution in [3.63, 3.8) is 0 Å². The molecule has 1 amide bonds. The molecule has 0 saturated heterocycles. The Morgan fingerprint density at radius 3 is 2.59 bits per heavy atom. The van der Waals surface area contributed by atoms with Crippen LogP contribution in [-0.4, -0.2) is 42.1 Å². The molecule has 8 heteroatoms. The molecule has 29 heavy (non-hydrogen) atoms. The normalized spacial score (nSPS) is 13.8. The van der Waals surface area contributed by atoms with Gasteiger partial charge in [-0.1, -0.05) is 30.0 Å². The van der Waals surface area contributed by atoms with Gasteiger partial charge in [-0.3, -0.25) is 4.79 Å². The molecule has 1 aliphatic heterocycles. The van der Waals surface area contributed by atoms with E-state index in [4.69, 9.17) is 13.9 Å². The topological polar surface area (TPSA) is 77.7 Å². The lowest BCUT2D eigenvalue weighted by Crippen LogP contribution is -2.35. The molecule has 0 fully saturated rings. The summed E-state index contributed by atoms with van der Waals surface area (Å²) in [6, 6.07) is 13.4. The molecule has 2 heterocycles. The zero-order chi connectivity index (χ0) is 20.4. The Kier molecular flexibility index (Phi) is 5.44. The van der Waals surface area contributed by atoms with Gasteiger partial charge in [-0.2, -0.15) is 0 Å². The molecule has 0 bridgehead atoms. The van der Waals surface area contributed by atoms with Gasteiger partial charge in [0, 0.05) is 23.9 Å². The number of ether oxygens (including phenoxy) is 2. The number of hydrogen-bond donors (Lipinski definition) is 0. The van der Waals surface area contributed by atoms with Gasteiger partial charge in [-0.25, -0.2) is 0 Å². The van der Waals surface area contributed by atoms with E-state index < -0.39 is 0 Å². The number of rotatable bonds is 6. The maximum absolute atomic E-state index is 12.9. The summed E-state index contributed by atoms with van der Waals surface area (Å²) in [6.45, 7) is 2.55. The average Bonchev–Trinajstić information content (AvgIpc) is 3.40. The second-order valence-electron chi connectivity index (χ2n) is 6.60. The third kappa shape index (κ3) is 3.93. The van der Waals surface area contributed by atoms with Crippen molar-refractivity contribution in [2.45, 2.75) is 23.8 Å². The fourth-order valence-corrected chi connectivity index (χ4v) is 4.04. The number of anilines is 1. The molecule has 3 aromatic rings. The molecular formula is C21H21N3O4S. The summed E-state index contributed by atoms with van der Waals surface area (Å²) in [5, 5.41) is 8.19. The summed E-state index contributed by atoms with van der Waals surface area (Å²) in [5.41, 5.74) is 2.87. The van der Waals surface area contributed by atoms with Gasteiger partial charge in [0.25, 0.3) is 5.22 Å². The first-order valence-electron chi connectivity index (χ1n) is 9.22. The number of nitrogens with zero attached hydrogens (tertiary/aromatic N) is 3. The molecule has 2 aromatic carbocycles. The van der Waals surface area contributed by atoms with Crippen LogP contribution in [0, 0.1) is 0 Å². The fraction of sp³-hybridized carbons (Fsp3) is 0.286. The quantitative estimate of drug-likeness (QED) is 0.571. The second kappa shape index (κ2) is 8.16. The van der Waals surface area contributed by atoms with Crippen molar-refractivity contribution < 1.29 is 18.7 Å². The summed E-state index contributed by atoms with van der Waals surface area (Å²) < 4.78 is 16.3. The summed E-state index contributed by atoms with van der Waals surface area (Å²) in [4.78, 5) is 14.8. The van der Waals surface area contributed by atoms with Crippen LogP contribution in [0.1, 0.15) is 12.5 Å². The first-order valence-corrected chi connectivity index (χ1v) is 10.1. The lowest BCUT2D eigenvalue weighted by Gasteiger charge is -2.20. The number of para-hydroxylation sites is 1. The van der Waals surface area contributed by atoms with E-state index in [-0.39, 0.29) is 11.2 Å². The summed E-state index contributed by atoms with van der Waals surface area (Å²) in [6.07, 6.45) is 0.877. The highest BCUT2D eigenvalue weighted by molar-refractivity contribution is 8.00. The Bertz CT molecular complexity index is 1010. The minimum atomic E-state index is -0.352. The number of hydrogen-bond acceptors (Lipinski definition) is 7. The van der Waals surface area contributed by atoms with Crippen LogP contribution in [-0.2, 0) is 11.2 Å². The highest BCUT2D eigenvalue weighted by atomic mass is 32.2. The van der Waals surface area contributed by atoms with E-state index in [1.807, 2.05) is 30.0 Å². The Hall–Kier alpha value is -3.00. The first kappa shape index (κ1) is 19.3. The largest absolute Gasteiger partial charge is 0.497 e. The third-order valence-electron chi connectivity index (χ3n) is 4.78. The third-order valence-corrected chi connectivity index (χ3v) is 5.71. The number of fused-ring (bicyclic) bond motifs is 1. The van der Waals surface area contributed by atoms with Crippen molar-refractivity contribution in [2.75, 3.05) is 25.7 Å². The molecule has 0 aliphatic carbocycles. The van der Waals surface area contributed by atoms with Gasteiger partial charge in [0.2, 0.25) is 11.8 Å². The van der Waals surface area contributed by atoms with E-state index in [9.17, 15) is 4.79 Å². The molecule has 0 spiro atoms. The molecule has 0 saturated carbocycles. The molecule has 1 aliphatic rings. The Morgan fingerprint density at radius 1 is 1.14 bits per heavy atom. The summed E-state index contributed by atoms with van der Waals surface area (Å²) in [5.74, 6) is 1.63. The van der Waals surface area contributed by atoms with Gasteiger partial charge in [0.05, 0.1) is 19.5 Å². The van der Waals surface area contributed by atoms with Crippen molar-refractivity contribution in [1.29, 1.82) is 0 Å². The number of aromatic nitrogens is 2. The van der Waals surface area contributed by atoms with Crippen LogP contribution in [0.5, 0.6) is 11.5 Å². The highest BCUT2D eigenvalue weighted by Gasteiger charge is 2.29. The van der Waals surface area contributed by atoms with Crippen molar-refractivity contribution in [2.24, 2.45) is 0 Å². The second-order valence-corrected chi connectivity index (χ2v) is 7.90. The smallest absolute Gasteiger partial charge is 0.277 e. The lowest BCUT2D eigenvalue weighted by molar-refractivity contribution is -0.117. The Morgan fingerprint density at radius 2 is 1.86 bits per heavy atom. The first-order chi connectivity index (χ1) is 14.1. The highest BCUT2D eigenvalue weighted by Crippen LogP contribution is 2.33. The molecular weight excluding hydrogens is 390 g/mol. The van der Waals surface area contributed by atoms with Gasteiger partial charge in [0.1, 0.15) is 11.5 Å². The molecule has 1 aromatic heterocycles. The van der Waals surface area contributed by atoms with Crippen LogP contribution < -0.4 is 14.4 Å². The Balaban J connectivity index is 1.49. The van der Waals surface area contributed by atoms with Gasteiger partial charge < -0.3 is 18.8 Å². The van der Waals surface area contributed by atoms with Crippen LogP contribution >= 0.6 is 11.8 Å². The SMILES string of the molecule is COc1cc(OC)cc(-c2nnc(S[C@@H](C)C(=O)N3CCc4ccccc43)o2)c1. The zero-order valence-electron chi connectivity index (χ0n) is 16.4. The van der Waals surface area contributed by atoms with Crippen LogP contribution in [0.25, 0.3) is 11.5 Å². The maximum Gasteiger partial charge on any atom is 0.277 e. The molecule has 4 rings (SSSR count). The molecule has 0 N–H and O–H groups in total. The van der Waals surface area contributed by atoms with E-state index in [0.29, 0.717) is 34.7 Å². The molecule has 1 atom stereocenters. The van der Waals surface area contributed by atoms with E-state index >= 15 is 0 Å². The number of methoxy groups -OCH3 is 2. The minimum absolute atomic E-state index is 0.0303. The van der Waals surface area contributed by atoms with E-state index in [1.54, 1.807) is 32.4 Å². The van der Waals surface area contributed by atoms with Crippen molar-refractivity contribution in [3.05, 3.63) is 48.0 Å². The van der Waals surface area contributed by atoms with Crippen molar-refractivity contribution >= 4 is 23.4 Å². The van der Waals surface area contributed by atoms with Crippen LogP contribution in [0.4, 0.5) is 5.69 Å². The number of carbonyl (C=O) groups excluding carboxylic acids is 1. The molecule has 7 nitrogen and oxygen atoms in total. The molecule has 150 valence electrons. The van der Waals surface area contributed by atoms with E-state index in [2.05, 4.69) is 16.3 Å². The number of thioether (sulfide) groups is 1. The Labute approximate surface area is 173 Å². The van der Waals surface area contributed by atoms with Gasteiger partial charge in [-0.15, -0.1) is 10.2 Å². The predicted octanol–water partition coefficient (Wildman–Crippen LogP) is 3.82. The van der Waals surface area contributed by atoms with Crippen molar-refractivity contribution in [3.8, 4) is 23.0 Å². The average molecular weight is 411 g/mol. The van der Waals surface area contributed by atoms with E-state index in [0.717, 1.165) is 12.1 Å². The number of amides is 1.